The summed E-state index contributed by atoms with van der Waals surface area (Å²) < 4.78 is 0. The van der Waals surface area contributed by atoms with E-state index in [9.17, 15) is 0 Å². The molecule has 1 rings (SSSR count). The Balaban J connectivity index is 2.51. The highest BCUT2D eigenvalue weighted by molar-refractivity contribution is 7.80. The van der Waals surface area contributed by atoms with Crippen LogP contribution in [0.15, 0.2) is 24.3 Å². The molecule has 76 valence electrons. The standard InChI is InChI=1S/C13H18S/c1-3-4-5-6-12-7-9-13(10-8-12)11(2)14/h7-10H,3-6H2,1-2H3. The van der Waals surface area contributed by atoms with Gasteiger partial charge in [-0.25, -0.2) is 0 Å². The van der Waals surface area contributed by atoms with E-state index in [2.05, 4.69) is 31.2 Å². The molecule has 1 aromatic rings. The van der Waals surface area contributed by atoms with E-state index in [1.807, 2.05) is 6.92 Å². The Morgan fingerprint density at radius 2 is 1.79 bits per heavy atom. The van der Waals surface area contributed by atoms with Crippen molar-refractivity contribution in [1.82, 2.24) is 0 Å². The van der Waals surface area contributed by atoms with Crippen LogP contribution >= 0.6 is 12.2 Å². The lowest BCUT2D eigenvalue weighted by Gasteiger charge is -2.02. The predicted molar refractivity (Wildman–Crippen MR) is 67.0 cm³/mol. The van der Waals surface area contributed by atoms with Gasteiger partial charge in [-0.05, 0) is 30.9 Å². The first-order valence-electron chi connectivity index (χ1n) is 5.34. The number of hydrogen-bond acceptors (Lipinski definition) is 1. The largest absolute Gasteiger partial charge is 0.0846 e. The summed E-state index contributed by atoms with van der Waals surface area (Å²) in [5, 5.41) is 0. The molecular formula is C13H18S. The van der Waals surface area contributed by atoms with Crippen LogP contribution in [0, 0.1) is 0 Å². The van der Waals surface area contributed by atoms with Crippen LogP contribution in [-0.2, 0) is 6.42 Å². The van der Waals surface area contributed by atoms with Gasteiger partial charge in [0.2, 0.25) is 0 Å². The van der Waals surface area contributed by atoms with E-state index in [4.69, 9.17) is 12.2 Å². The molecule has 0 amide bonds. The van der Waals surface area contributed by atoms with Gasteiger partial charge in [-0.15, -0.1) is 0 Å². The molecular weight excluding hydrogens is 188 g/mol. The fourth-order valence-electron chi connectivity index (χ4n) is 1.49. The van der Waals surface area contributed by atoms with Crippen LogP contribution in [-0.4, -0.2) is 4.86 Å². The number of thiocarbonyl (C=S) groups is 1. The van der Waals surface area contributed by atoms with Crippen LogP contribution in [0.5, 0.6) is 0 Å². The van der Waals surface area contributed by atoms with Crippen LogP contribution in [0.2, 0.25) is 0 Å². The molecule has 1 aromatic carbocycles. The third-order valence-electron chi connectivity index (χ3n) is 2.43. The maximum Gasteiger partial charge on any atom is 0.0193 e. The van der Waals surface area contributed by atoms with Crippen molar-refractivity contribution in [2.75, 3.05) is 0 Å². The maximum absolute atomic E-state index is 5.11. The zero-order valence-electron chi connectivity index (χ0n) is 9.05. The quantitative estimate of drug-likeness (QED) is 0.396. The minimum Gasteiger partial charge on any atom is -0.0846 e. The number of hydrogen-bond donors (Lipinski definition) is 0. The van der Waals surface area contributed by atoms with Gasteiger partial charge < -0.3 is 0 Å². The molecule has 1 heteroatoms. The van der Waals surface area contributed by atoms with E-state index >= 15 is 0 Å². The number of unbranched alkanes of at least 4 members (excludes halogenated alkanes) is 2. The van der Waals surface area contributed by atoms with Gasteiger partial charge in [0.15, 0.2) is 0 Å². The third kappa shape index (κ3) is 3.59. The summed E-state index contributed by atoms with van der Waals surface area (Å²) in [7, 11) is 0. The van der Waals surface area contributed by atoms with Crippen molar-refractivity contribution >= 4 is 17.1 Å². The molecule has 0 fully saturated rings. The SMILES string of the molecule is CCCCCc1ccc(C(C)=S)cc1. The summed E-state index contributed by atoms with van der Waals surface area (Å²) >= 11 is 5.11. The number of aryl methyl sites for hydroxylation is 1. The summed E-state index contributed by atoms with van der Waals surface area (Å²) in [6.07, 6.45) is 5.11. The van der Waals surface area contributed by atoms with Crippen molar-refractivity contribution in [3.05, 3.63) is 35.4 Å². The molecule has 0 spiro atoms. The smallest absolute Gasteiger partial charge is 0.0193 e. The summed E-state index contributed by atoms with van der Waals surface area (Å²) in [5.41, 5.74) is 2.61. The molecule has 0 aliphatic carbocycles. The lowest BCUT2D eigenvalue weighted by molar-refractivity contribution is 0.717. The Kier molecular flexibility index (Phi) is 4.81. The van der Waals surface area contributed by atoms with E-state index < -0.39 is 0 Å². The van der Waals surface area contributed by atoms with Gasteiger partial charge in [0, 0.05) is 4.86 Å². The summed E-state index contributed by atoms with van der Waals surface area (Å²) in [5.74, 6) is 0. The van der Waals surface area contributed by atoms with Crippen LogP contribution < -0.4 is 0 Å². The Morgan fingerprint density at radius 1 is 1.14 bits per heavy atom. The molecule has 14 heavy (non-hydrogen) atoms. The minimum atomic E-state index is 0.977. The van der Waals surface area contributed by atoms with Crippen LogP contribution in [0.1, 0.15) is 44.2 Å². The molecule has 0 N–H and O–H groups in total. The Hall–Kier alpha value is -0.690. The van der Waals surface area contributed by atoms with Crippen LogP contribution in [0.4, 0.5) is 0 Å². The monoisotopic (exact) mass is 206 g/mol. The van der Waals surface area contributed by atoms with Crippen LogP contribution in [0.25, 0.3) is 0 Å². The van der Waals surface area contributed by atoms with Crippen molar-refractivity contribution in [1.29, 1.82) is 0 Å². The highest BCUT2D eigenvalue weighted by Crippen LogP contribution is 2.09. The fraction of sp³-hybridized carbons (Fsp3) is 0.462. The van der Waals surface area contributed by atoms with Gasteiger partial charge >= 0.3 is 0 Å². The summed E-state index contributed by atoms with van der Waals surface area (Å²) in [6.45, 7) is 4.21. The van der Waals surface area contributed by atoms with Gasteiger partial charge in [0.25, 0.3) is 0 Å². The van der Waals surface area contributed by atoms with E-state index in [1.165, 1.54) is 36.8 Å². The topological polar surface area (TPSA) is 0 Å². The van der Waals surface area contributed by atoms with Crippen molar-refractivity contribution in [3.8, 4) is 0 Å². The van der Waals surface area contributed by atoms with Crippen molar-refractivity contribution < 1.29 is 0 Å². The maximum atomic E-state index is 5.11. The van der Waals surface area contributed by atoms with E-state index in [1.54, 1.807) is 0 Å². The Morgan fingerprint density at radius 3 is 2.29 bits per heavy atom. The second-order valence-corrected chi connectivity index (χ2v) is 4.32. The average Bonchev–Trinajstić information content (AvgIpc) is 2.19. The molecule has 0 radical (unpaired) electrons. The lowest BCUT2D eigenvalue weighted by Crippen LogP contribution is -1.91. The zero-order valence-corrected chi connectivity index (χ0v) is 9.86. The molecule has 0 heterocycles. The average molecular weight is 206 g/mol. The summed E-state index contributed by atoms with van der Waals surface area (Å²) in [6, 6.07) is 8.65. The third-order valence-corrected chi connectivity index (χ3v) is 2.67. The lowest BCUT2D eigenvalue weighted by atomic mass is 10.0. The van der Waals surface area contributed by atoms with E-state index in [0.717, 1.165) is 4.86 Å². The molecule has 0 aliphatic rings. The van der Waals surface area contributed by atoms with Crippen molar-refractivity contribution in [3.63, 3.8) is 0 Å². The van der Waals surface area contributed by atoms with Crippen LogP contribution in [0.3, 0.4) is 0 Å². The molecule has 0 bridgehead atoms. The molecule has 0 aromatic heterocycles. The van der Waals surface area contributed by atoms with E-state index in [0.29, 0.717) is 0 Å². The first-order chi connectivity index (χ1) is 6.74. The van der Waals surface area contributed by atoms with Gasteiger partial charge in [0.05, 0.1) is 0 Å². The Bertz CT molecular complexity index is 285. The molecule has 0 unspecified atom stereocenters. The van der Waals surface area contributed by atoms with Crippen molar-refractivity contribution in [2.24, 2.45) is 0 Å². The predicted octanol–water partition coefficient (Wildman–Crippen LogP) is 4.16. The van der Waals surface area contributed by atoms with Gasteiger partial charge in [-0.3, -0.25) is 0 Å². The van der Waals surface area contributed by atoms with Gasteiger partial charge in [-0.2, -0.15) is 0 Å². The van der Waals surface area contributed by atoms with Crippen molar-refractivity contribution in [2.45, 2.75) is 39.5 Å². The normalized spacial score (nSPS) is 10.1. The first kappa shape index (κ1) is 11.4. The summed E-state index contributed by atoms with van der Waals surface area (Å²) in [4.78, 5) is 0.977. The molecule has 0 saturated carbocycles. The zero-order chi connectivity index (χ0) is 10.4. The minimum absolute atomic E-state index is 0.977. The van der Waals surface area contributed by atoms with Gasteiger partial charge in [-0.1, -0.05) is 56.2 Å². The fourth-order valence-corrected chi connectivity index (χ4v) is 1.62. The Labute approximate surface area is 92.3 Å². The highest BCUT2D eigenvalue weighted by atomic mass is 32.1. The first-order valence-corrected chi connectivity index (χ1v) is 5.74. The molecule has 0 saturated heterocycles. The second-order valence-electron chi connectivity index (χ2n) is 3.71. The number of rotatable bonds is 5. The van der Waals surface area contributed by atoms with Gasteiger partial charge in [0.1, 0.15) is 0 Å². The molecule has 0 nitrogen and oxygen atoms in total. The second kappa shape index (κ2) is 5.92. The number of benzene rings is 1. The highest BCUT2D eigenvalue weighted by Gasteiger charge is 1.96. The molecule has 0 aliphatic heterocycles. The van der Waals surface area contributed by atoms with E-state index in [-0.39, 0.29) is 0 Å². The molecule has 0 atom stereocenters.